The molecule has 1 N–H and O–H groups in total. The fourth-order valence-electron chi connectivity index (χ4n) is 3.56. The summed E-state index contributed by atoms with van der Waals surface area (Å²) in [6.07, 6.45) is 5.01. The molecule has 25 heavy (non-hydrogen) atoms. The average molecular weight is 338 g/mol. The summed E-state index contributed by atoms with van der Waals surface area (Å²) >= 11 is 0. The number of hydrogen-bond acceptors (Lipinski definition) is 4. The Labute approximate surface area is 151 Å². The number of nitrogens with zero attached hydrogens (tertiary/aromatic N) is 3. The lowest BCUT2D eigenvalue weighted by molar-refractivity contribution is 0.446. The number of rotatable bonds is 5. The summed E-state index contributed by atoms with van der Waals surface area (Å²) in [4.78, 5) is 11.9. The zero-order chi connectivity index (χ0) is 17.8. The van der Waals surface area contributed by atoms with Crippen LogP contribution in [0.4, 0.5) is 17.5 Å². The molecule has 1 aliphatic rings. The topological polar surface area (TPSA) is 41.1 Å². The van der Waals surface area contributed by atoms with E-state index in [2.05, 4.69) is 66.3 Å². The number of anilines is 3. The van der Waals surface area contributed by atoms with Gasteiger partial charge in [0.05, 0.1) is 0 Å². The van der Waals surface area contributed by atoms with Crippen molar-refractivity contribution in [1.82, 2.24) is 9.97 Å². The fraction of sp³-hybridized carbons (Fsp3) is 0.524. The van der Waals surface area contributed by atoms with Crippen LogP contribution >= 0.6 is 0 Å². The van der Waals surface area contributed by atoms with Crippen LogP contribution in [-0.4, -0.2) is 22.6 Å². The number of nitrogens with one attached hydrogen (secondary N) is 1. The predicted octanol–water partition coefficient (Wildman–Crippen LogP) is 5.42. The maximum Gasteiger partial charge on any atom is 0.229 e. The maximum absolute atomic E-state index is 4.81. The highest BCUT2D eigenvalue weighted by Crippen LogP contribution is 2.27. The Balaban J connectivity index is 1.81. The van der Waals surface area contributed by atoms with Crippen molar-refractivity contribution in [2.24, 2.45) is 0 Å². The molecule has 2 heterocycles. The monoisotopic (exact) mass is 338 g/mol. The highest BCUT2D eigenvalue weighted by atomic mass is 15.2. The summed E-state index contributed by atoms with van der Waals surface area (Å²) in [7, 11) is 0. The van der Waals surface area contributed by atoms with Crippen LogP contribution in [0.5, 0.6) is 0 Å². The third-order valence-electron chi connectivity index (χ3n) is 5.07. The molecule has 2 aromatic rings. The van der Waals surface area contributed by atoms with Gasteiger partial charge in [-0.15, -0.1) is 0 Å². The largest absolute Gasteiger partial charge is 0.353 e. The second kappa shape index (κ2) is 7.85. The summed E-state index contributed by atoms with van der Waals surface area (Å²) < 4.78 is 0. The second-order valence-corrected chi connectivity index (χ2v) is 7.34. The van der Waals surface area contributed by atoms with Crippen molar-refractivity contribution in [2.45, 2.75) is 65.3 Å². The van der Waals surface area contributed by atoms with E-state index in [0.717, 1.165) is 23.7 Å². The van der Waals surface area contributed by atoms with Gasteiger partial charge >= 0.3 is 0 Å². The molecule has 134 valence electrons. The molecule has 1 aromatic heterocycles. The highest BCUT2D eigenvalue weighted by molar-refractivity contribution is 5.56. The number of hydrogen-bond donors (Lipinski definition) is 1. The van der Waals surface area contributed by atoms with Crippen LogP contribution in [0, 0.1) is 6.92 Å². The minimum absolute atomic E-state index is 0.543. The van der Waals surface area contributed by atoms with E-state index in [1.165, 1.54) is 31.2 Å². The molecule has 0 bridgehead atoms. The van der Waals surface area contributed by atoms with Crippen LogP contribution in [0.2, 0.25) is 0 Å². The number of benzene rings is 1. The molecule has 1 unspecified atom stereocenters. The lowest BCUT2D eigenvalue weighted by Crippen LogP contribution is -2.39. The van der Waals surface area contributed by atoms with E-state index >= 15 is 0 Å². The molecule has 1 fully saturated rings. The minimum Gasteiger partial charge on any atom is -0.353 e. The van der Waals surface area contributed by atoms with Gasteiger partial charge in [0.2, 0.25) is 5.95 Å². The maximum atomic E-state index is 4.81. The molecule has 0 amide bonds. The van der Waals surface area contributed by atoms with E-state index in [0.29, 0.717) is 17.9 Å². The quantitative estimate of drug-likeness (QED) is 0.790. The normalized spacial score (nSPS) is 17.8. The molecule has 0 aliphatic carbocycles. The van der Waals surface area contributed by atoms with E-state index in [1.54, 1.807) is 0 Å². The van der Waals surface area contributed by atoms with Crippen LogP contribution in [0.1, 0.15) is 63.6 Å². The van der Waals surface area contributed by atoms with Crippen LogP contribution in [0.25, 0.3) is 0 Å². The molecule has 4 heteroatoms. The first-order valence-corrected chi connectivity index (χ1v) is 9.56. The van der Waals surface area contributed by atoms with Gasteiger partial charge in [0.1, 0.15) is 5.82 Å². The summed E-state index contributed by atoms with van der Waals surface area (Å²) in [5.74, 6) is 2.29. The van der Waals surface area contributed by atoms with Crippen molar-refractivity contribution in [1.29, 1.82) is 0 Å². The summed E-state index contributed by atoms with van der Waals surface area (Å²) in [6.45, 7) is 9.83. The lowest BCUT2D eigenvalue weighted by atomic mass is 10.00. The zero-order valence-corrected chi connectivity index (χ0v) is 15.9. The Bertz CT molecular complexity index is 694. The third kappa shape index (κ3) is 4.30. The molecule has 4 nitrogen and oxygen atoms in total. The van der Waals surface area contributed by atoms with Crippen molar-refractivity contribution in [3.63, 3.8) is 0 Å². The second-order valence-electron chi connectivity index (χ2n) is 7.34. The third-order valence-corrected chi connectivity index (χ3v) is 5.07. The predicted molar refractivity (Wildman–Crippen MR) is 106 cm³/mol. The molecule has 0 spiro atoms. The first-order valence-electron chi connectivity index (χ1n) is 9.56. The van der Waals surface area contributed by atoms with Crippen LogP contribution in [-0.2, 0) is 0 Å². The fourth-order valence-corrected chi connectivity index (χ4v) is 3.56. The lowest BCUT2D eigenvalue weighted by Gasteiger charge is -2.36. The number of aromatic nitrogens is 2. The minimum atomic E-state index is 0.543. The average Bonchev–Trinajstić information content (AvgIpc) is 2.61. The van der Waals surface area contributed by atoms with E-state index in [4.69, 9.17) is 4.98 Å². The first kappa shape index (κ1) is 17.7. The van der Waals surface area contributed by atoms with Gasteiger partial charge in [0, 0.05) is 30.0 Å². The van der Waals surface area contributed by atoms with Gasteiger partial charge in [-0.3, -0.25) is 0 Å². The van der Waals surface area contributed by atoms with Gasteiger partial charge in [-0.05, 0) is 56.2 Å². The zero-order valence-electron chi connectivity index (χ0n) is 15.9. The molecule has 1 saturated heterocycles. The first-order chi connectivity index (χ1) is 12.1. The Morgan fingerprint density at radius 2 is 1.92 bits per heavy atom. The molecule has 3 rings (SSSR count). The Hall–Kier alpha value is -2.10. The summed E-state index contributed by atoms with van der Waals surface area (Å²) in [5, 5.41) is 3.37. The van der Waals surface area contributed by atoms with Gasteiger partial charge in [0.25, 0.3) is 0 Å². The van der Waals surface area contributed by atoms with Crippen molar-refractivity contribution in [3.8, 4) is 0 Å². The SMILES string of the molecule is CCC1CCCCN1c1cc(C)nc(Nc2ccc(C(C)C)cc2)n1. The van der Waals surface area contributed by atoms with E-state index in [9.17, 15) is 0 Å². The van der Waals surface area contributed by atoms with E-state index in [1.807, 2.05) is 6.92 Å². The molecule has 1 atom stereocenters. The van der Waals surface area contributed by atoms with Gasteiger partial charge in [0.15, 0.2) is 0 Å². The van der Waals surface area contributed by atoms with E-state index < -0.39 is 0 Å². The van der Waals surface area contributed by atoms with Crippen LogP contribution < -0.4 is 10.2 Å². The molecule has 1 aromatic carbocycles. The van der Waals surface area contributed by atoms with Crippen molar-refractivity contribution in [2.75, 3.05) is 16.8 Å². The van der Waals surface area contributed by atoms with Crippen molar-refractivity contribution < 1.29 is 0 Å². The molecule has 1 aliphatic heterocycles. The highest BCUT2D eigenvalue weighted by Gasteiger charge is 2.22. The summed E-state index contributed by atoms with van der Waals surface area (Å²) in [6, 6.07) is 11.3. The Kier molecular flexibility index (Phi) is 5.57. The number of piperidine rings is 1. The molecular weight excluding hydrogens is 308 g/mol. The van der Waals surface area contributed by atoms with Crippen molar-refractivity contribution in [3.05, 3.63) is 41.6 Å². The van der Waals surface area contributed by atoms with E-state index in [-0.39, 0.29) is 0 Å². The number of aryl methyl sites for hydroxylation is 1. The van der Waals surface area contributed by atoms with Crippen LogP contribution in [0.15, 0.2) is 30.3 Å². The summed E-state index contributed by atoms with van der Waals surface area (Å²) in [5.41, 5.74) is 3.38. The van der Waals surface area contributed by atoms with Gasteiger partial charge in [-0.1, -0.05) is 32.9 Å². The molecule has 0 saturated carbocycles. The van der Waals surface area contributed by atoms with Crippen molar-refractivity contribution >= 4 is 17.5 Å². The molecule has 0 radical (unpaired) electrons. The standard InChI is InChI=1S/C21H30N4/c1-5-19-8-6-7-13-25(19)20-14-16(4)22-21(24-20)23-18-11-9-17(10-12-18)15(2)3/h9-12,14-15,19H,5-8,13H2,1-4H3,(H,22,23,24). The van der Waals surface area contributed by atoms with Gasteiger partial charge < -0.3 is 10.2 Å². The van der Waals surface area contributed by atoms with Crippen LogP contribution in [0.3, 0.4) is 0 Å². The smallest absolute Gasteiger partial charge is 0.229 e. The Morgan fingerprint density at radius 3 is 2.60 bits per heavy atom. The Morgan fingerprint density at radius 1 is 1.16 bits per heavy atom. The van der Waals surface area contributed by atoms with Gasteiger partial charge in [-0.2, -0.15) is 4.98 Å². The molecular formula is C21H30N4. The van der Waals surface area contributed by atoms with Gasteiger partial charge in [-0.25, -0.2) is 4.98 Å².